The lowest BCUT2D eigenvalue weighted by atomic mass is 9.99. The molecule has 1 saturated heterocycles. The van der Waals surface area contributed by atoms with E-state index in [1.165, 1.54) is 5.56 Å². The Morgan fingerprint density at radius 3 is 2.35 bits per heavy atom. The molecule has 1 fully saturated rings. The molecule has 1 aromatic carbocycles. The van der Waals surface area contributed by atoms with E-state index in [0.717, 1.165) is 31.9 Å². The Kier molecular flexibility index (Phi) is 5.13. The third-order valence-corrected chi connectivity index (χ3v) is 4.99. The fourth-order valence-corrected chi connectivity index (χ4v) is 3.35. The zero-order valence-electron chi connectivity index (χ0n) is 13.7. The molecule has 0 saturated carbocycles. The van der Waals surface area contributed by atoms with Gasteiger partial charge in [-0.05, 0) is 25.3 Å². The lowest BCUT2D eigenvalue weighted by Crippen LogP contribution is -2.44. The van der Waals surface area contributed by atoms with Gasteiger partial charge in [0.2, 0.25) is 5.95 Å². The second-order valence-electron chi connectivity index (χ2n) is 6.17. The summed E-state index contributed by atoms with van der Waals surface area (Å²) in [6, 6.07) is 11.7. The Bertz CT molecular complexity index is 609. The van der Waals surface area contributed by atoms with Crippen molar-refractivity contribution in [2.75, 3.05) is 25.0 Å². The molecule has 0 radical (unpaired) electrons. The van der Waals surface area contributed by atoms with Crippen molar-refractivity contribution < 1.29 is 0 Å². The van der Waals surface area contributed by atoms with Gasteiger partial charge in [0.05, 0.1) is 17.4 Å². The fraction of sp³-hybridized carbons (Fsp3) is 0.444. The smallest absolute Gasteiger partial charge is 0.225 e. The Morgan fingerprint density at radius 2 is 1.74 bits per heavy atom. The predicted octanol–water partition coefficient (Wildman–Crippen LogP) is 3.79. The maximum Gasteiger partial charge on any atom is 0.225 e. The highest BCUT2D eigenvalue weighted by atomic mass is 35.5. The number of aromatic nitrogens is 2. The molecule has 3 rings (SSSR count). The third kappa shape index (κ3) is 3.82. The summed E-state index contributed by atoms with van der Waals surface area (Å²) in [5.41, 5.74) is 1.39. The highest BCUT2D eigenvalue weighted by Gasteiger charge is 2.26. The lowest BCUT2D eigenvalue weighted by molar-refractivity contribution is 0.161. The van der Waals surface area contributed by atoms with Crippen LogP contribution in [0.3, 0.4) is 0 Å². The van der Waals surface area contributed by atoms with Gasteiger partial charge in [0, 0.05) is 32.2 Å². The molecular weight excluding hydrogens is 308 g/mol. The van der Waals surface area contributed by atoms with E-state index in [1.807, 2.05) is 0 Å². The minimum absolute atomic E-state index is 0.467. The molecule has 122 valence electrons. The summed E-state index contributed by atoms with van der Waals surface area (Å²) < 4.78 is 0. The number of halogens is 1. The van der Waals surface area contributed by atoms with Gasteiger partial charge >= 0.3 is 0 Å². The monoisotopic (exact) mass is 330 g/mol. The lowest BCUT2D eigenvalue weighted by Gasteiger charge is -2.39. The molecule has 5 heteroatoms. The molecule has 1 unspecified atom stereocenters. The Balaban J connectivity index is 1.59. The molecule has 0 bridgehead atoms. The zero-order valence-corrected chi connectivity index (χ0v) is 14.4. The van der Waals surface area contributed by atoms with Gasteiger partial charge < -0.3 is 4.90 Å². The van der Waals surface area contributed by atoms with Crippen LogP contribution in [0.2, 0.25) is 5.02 Å². The van der Waals surface area contributed by atoms with Crippen LogP contribution in [0.5, 0.6) is 0 Å². The van der Waals surface area contributed by atoms with Crippen molar-refractivity contribution in [1.29, 1.82) is 0 Å². The second kappa shape index (κ2) is 7.28. The van der Waals surface area contributed by atoms with Gasteiger partial charge in [-0.2, -0.15) is 0 Å². The van der Waals surface area contributed by atoms with E-state index in [1.54, 1.807) is 12.4 Å². The molecule has 0 spiro atoms. The topological polar surface area (TPSA) is 32.3 Å². The molecule has 4 nitrogen and oxygen atoms in total. The summed E-state index contributed by atoms with van der Waals surface area (Å²) >= 11 is 5.86. The van der Waals surface area contributed by atoms with E-state index < -0.39 is 0 Å². The van der Waals surface area contributed by atoms with Gasteiger partial charge in [-0.1, -0.05) is 41.9 Å². The standard InChI is InChI=1S/C18H23ClN4/c1-14(15-6-4-3-5-7-15)23-10-8-17(9-11-23)22(2)18-20-12-16(19)13-21-18/h3-7,12-14,17H,8-11H2,1-2H3. The average Bonchev–Trinajstić information content (AvgIpc) is 2.62. The van der Waals surface area contributed by atoms with Crippen molar-refractivity contribution >= 4 is 17.5 Å². The van der Waals surface area contributed by atoms with Crippen LogP contribution in [0.4, 0.5) is 5.95 Å². The van der Waals surface area contributed by atoms with Gasteiger partial charge in [-0.15, -0.1) is 0 Å². The van der Waals surface area contributed by atoms with Crippen LogP contribution in [0.25, 0.3) is 0 Å². The largest absolute Gasteiger partial charge is 0.341 e. The molecule has 1 atom stereocenters. The van der Waals surface area contributed by atoms with Crippen LogP contribution in [0, 0.1) is 0 Å². The second-order valence-corrected chi connectivity index (χ2v) is 6.60. The van der Waals surface area contributed by atoms with Crippen molar-refractivity contribution in [3.8, 4) is 0 Å². The van der Waals surface area contributed by atoms with Gasteiger partial charge in [-0.25, -0.2) is 9.97 Å². The van der Waals surface area contributed by atoms with Gasteiger partial charge in [0.25, 0.3) is 0 Å². The predicted molar refractivity (Wildman–Crippen MR) is 94.9 cm³/mol. The number of hydrogen-bond acceptors (Lipinski definition) is 4. The first-order chi connectivity index (χ1) is 11.1. The number of rotatable bonds is 4. The number of anilines is 1. The van der Waals surface area contributed by atoms with E-state index in [4.69, 9.17) is 11.6 Å². The van der Waals surface area contributed by atoms with E-state index in [2.05, 4.69) is 64.1 Å². The van der Waals surface area contributed by atoms with E-state index in [-0.39, 0.29) is 0 Å². The summed E-state index contributed by atoms with van der Waals surface area (Å²) in [6.45, 7) is 4.49. The SMILES string of the molecule is CC(c1ccccc1)N1CCC(N(C)c2ncc(Cl)cn2)CC1. The highest BCUT2D eigenvalue weighted by molar-refractivity contribution is 6.30. The van der Waals surface area contributed by atoms with Crippen LogP contribution < -0.4 is 4.90 Å². The van der Waals surface area contributed by atoms with Crippen LogP contribution in [0.1, 0.15) is 31.4 Å². The zero-order chi connectivity index (χ0) is 16.2. The quantitative estimate of drug-likeness (QED) is 0.853. The molecule has 2 aromatic rings. The van der Waals surface area contributed by atoms with Crippen LogP contribution in [-0.2, 0) is 0 Å². The van der Waals surface area contributed by atoms with E-state index in [9.17, 15) is 0 Å². The first-order valence-corrected chi connectivity index (χ1v) is 8.52. The molecule has 0 N–H and O–H groups in total. The normalized spacial score (nSPS) is 17.9. The van der Waals surface area contributed by atoms with Crippen LogP contribution >= 0.6 is 11.6 Å². The summed E-state index contributed by atoms with van der Waals surface area (Å²) in [5.74, 6) is 0.754. The Morgan fingerprint density at radius 1 is 1.13 bits per heavy atom. The van der Waals surface area contributed by atoms with Gasteiger partial charge in [0.1, 0.15) is 0 Å². The van der Waals surface area contributed by atoms with Gasteiger partial charge in [0.15, 0.2) is 0 Å². The Labute approximate surface area is 143 Å². The van der Waals surface area contributed by atoms with Crippen molar-refractivity contribution in [2.24, 2.45) is 0 Å². The van der Waals surface area contributed by atoms with Crippen molar-refractivity contribution in [3.63, 3.8) is 0 Å². The van der Waals surface area contributed by atoms with E-state index >= 15 is 0 Å². The molecule has 1 aliphatic rings. The number of nitrogens with zero attached hydrogens (tertiary/aromatic N) is 4. The summed E-state index contributed by atoms with van der Waals surface area (Å²) in [6.07, 6.45) is 5.57. The molecular formula is C18H23ClN4. The summed E-state index contributed by atoms with van der Waals surface area (Å²) in [4.78, 5) is 13.4. The summed E-state index contributed by atoms with van der Waals surface area (Å²) in [5, 5.41) is 0.577. The third-order valence-electron chi connectivity index (χ3n) is 4.80. The molecule has 0 aliphatic carbocycles. The first kappa shape index (κ1) is 16.2. The van der Waals surface area contributed by atoms with Crippen molar-refractivity contribution in [3.05, 3.63) is 53.3 Å². The number of hydrogen-bond donors (Lipinski definition) is 0. The van der Waals surface area contributed by atoms with Crippen LogP contribution in [-0.4, -0.2) is 41.0 Å². The van der Waals surface area contributed by atoms with Crippen molar-refractivity contribution in [1.82, 2.24) is 14.9 Å². The highest BCUT2D eigenvalue weighted by Crippen LogP contribution is 2.26. The van der Waals surface area contributed by atoms with Gasteiger partial charge in [-0.3, -0.25) is 4.90 Å². The number of benzene rings is 1. The number of piperidine rings is 1. The summed E-state index contributed by atoms with van der Waals surface area (Å²) in [7, 11) is 2.07. The first-order valence-electron chi connectivity index (χ1n) is 8.14. The molecule has 2 heterocycles. The van der Waals surface area contributed by atoms with Crippen LogP contribution in [0.15, 0.2) is 42.7 Å². The number of likely N-dealkylation sites (tertiary alicyclic amines) is 1. The Hall–Kier alpha value is -1.65. The maximum atomic E-state index is 5.86. The minimum Gasteiger partial charge on any atom is -0.341 e. The molecule has 0 amide bonds. The molecule has 1 aliphatic heterocycles. The average molecular weight is 331 g/mol. The van der Waals surface area contributed by atoms with Crippen molar-refractivity contribution in [2.45, 2.75) is 31.8 Å². The maximum absolute atomic E-state index is 5.86. The minimum atomic E-state index is 0.467. The molecule has 23 heavy (non-hydrogen) atoms. The van der Waals surface area contributed by atoms with E-state index in [0.29, 0.717) is 17.1 Å². The fourth-order valence-electron chi connectivity index (χ4n) is 3.25. The molecule has 1 aromatic heterocycles.